The summed E-state index contributed by atoms with van der Waals surface area (Å²) in [5.41, 5.74) is 0.545. The molecule has 1 aromatic heterocycles. The lowest BCUT2D eigenvalue weighted by Crippen LogP contribution is -2.40. The Balaban J connectivity index is 1.72. The molecule has 4 heteroatoms. The van der Waals surface area contributed by atoms with Gasteiger partial charge in [0.1, 0.15) is 5.60 Å². The predicted octanol–water partition coefficient (Wildman–Crippen LogP) is 0.256. The van der Waals surface area contributed by atoms with Gasteiger partial charge in [-0.1, -0.05) is 0 Å². The van der Waals surface area contributed by atoms with E-state index in [-0.39, 0.29) is 0 Å². The molecular weight excluding hydrogens is 180 g/mol. The SMILES string of the molecule is OC1(CNCc2cc[nH]c2)CCOC1. The van der Waals surface area contributed by atoms with Gasteiger partial charge in [0.25, 0.3) is 0 Å². The topological polar surface area (TPSA) is 57.3 Å². The molecule has 2 heterocycles. The maximum Gasteiger partial charge on any atom is 0.102 e. The lowest BCUT2D eigenvalue weighted by atomic mass is 10.0. The van der Waals surface area contributed by atoms with Gasteiger partial charge in [-0.3, -0.25) is 0 Å². The third-order valence-corrected chi connectivity index (χ3v) is 2.53. The first-order valence-corrected chi connectivity index (χ1v) is 4.91. The molecule has 2 rings (SSSR count). The molecule has 0 aromatic carbocycles. The zero-order chi connectivity index (χ0) is 9.86. The summed E-state index contributed by atoms with van der Waals surface area (Å²) in [6, 6.07) is 2.02. The smallest absolute Gasteiger partial charge is 0.102 e. The van der Waals surface area contributed by atoms with Crippen LogP contribution in [-0.2, 0) is 11.3 Å². The minimum Gasteiger partial charge on any atom is -0.386 e. The summed E-state index contributed by atoms with van der Waals surface area (Å²) in [6.07, 6.45) is 4.57. The van der Waals surface area contributed by atoms with Crippen LogP contribution in [0, 0.1) is 0 Å². The number of hydrogen-bond acceptors (Lipinski definition) is 3. The second-order valence-corrected chi connectivity index (χ2v) is 3.85. The Labute approximate surface area is 83.3 Å². The number of rotatable bonds is 4. The summed E-state index contributed by atoms with van der Waals surface area (Å²) in [5, 5.41) is 13.1. The summed E-state index contributed by atoms with van der Waals surface area (Å²) in [7, 11) is 0. The van der Waals surface area contributed by atoms with Crippen LogP contribution in [0.15, 0.2) is 18.5 Å². The molecular formula is C10H16N2O2. The molecule has 3 N–H and O–H groups in total. The lowest BCUT2D eigenvalue weighted by molar-refractivity contribution is 0.0268. The minimum absolute atomic E-state index is 0.452. The monoisotopic (exact) mass is 196 g/mol. The molecule has 0 spiro atoms. The second-order valence-electron chi connectivity index (χ2n) is 3.85. The van der Waals surface area contributed by atoms with Crippen molar-refractivity contribution in [2.75, 3.05) is 19.8 Å². The number of hydrogen-bond donors (Lipinski definition) is 3. The van der Waals surface area contributed by atoms with E-state index in [1.54, 1.807) is 0 Å². The van der Waals surface area contributed by atoms with Crippen LogP contribution in [0.2, 0.25) is 0 Å². The van der Waals surface area contributed by atoms with Crippen LogP contribution in [0.3, 0.4) is 0 Å². The van der Waals surface area contributed by atoms with Gasteiger partial charge in [0.15, 0.2) is 0 Å². The van der Waals surface area contributed by atoms with Gasteiger partial charge in [0, 0.05) is 38.5 Å². The number of H-pyrrole nitrogens is 1. The highest BCUT2D eigenvalue weighted by Gasteiger charge is 2.31. The molecule has 0 amide bonds. The summed E-state index contributed by atoms with van der Waals surface area (Å²) < 4.78 is 5.15. The molecule has 1 saturated heterocycles. The fourth-order valence-corrected chi connectivity index (χ4v) is 1.64. The quantitative estimate of drug-likeness (QED) is 0.647. The van der Waals surface area contributed by atoms with E-state index < -0.39 is 5.60 Å². The van der Waals surface area contributed by atoms with Crippen LogP contribution < -0.4 is 5.32 Å². The number of aromatic nitrogens is 1. The summed E-state index contributed by atoms with van der Waals surface area (Å²) in [6.45, 7) is 2.50. The van der Waals surface area contributed by atoms with Gasteiger partial charge in [-0.05, 0) is 11.6 Å². The van der Waals surface area contributed by atoms with Gasteiger partial charge in [-0.2, -0.15) is 0 Å². The first-order chi connectivity index (χ1) is 6.79. The van der Waals surface area contributed by atoms with Crippen molar-refractivity contribution in [2.45, 2.75) is 18.6 Å². The van der Waals surface area contributed by atoms with Crippen LogP contribution in [-0.4, -0.2) is 35.5 Å². The van der Waals surface area contributed by atoms with E-state index in [2.05, 4.69) is 10.3 Å². The van der Waals surface area contributed by atoms with E-state index in [9.17, 15) is 5.11 Å². The van der Waals surface area contributed by atoms with Crippen LogP contribution >= 0.6 is 0 Å². The van der Waals surface area contributed by atoms with Gasteiger partial charge in [0.2, 0.25) is 0 Å². The Morgan fingerprint density at radius 1 is 1.64 bits per heavy atom. The van der Waals surface area contributed by atoms with Crippen LogP contribution in [0.5, 0.6) is 0 Å². The molecule has 0 saturated carbocycles. The third-order valence-electron chi connectivity index (χ3n) is 2.53. The highest BCUT2D eigenvalue weighted by atomic mass is 16.5. The summed E-state index contributed by atoms with van der Waals surface area (Å²) >= 11 is 0. The molecule has 4 nitrogen and oxygen atoms in total. The molecule has 1 unspecified atom stereocenters. The maximum atomic E-state index is 9.92. The fraction of sp³-hybridized carbons (Fsp3) is 0.600. The average molecular weight is 196 g/mol. The predicted molar refractivity (Wildman–Crippen MR) is 52.9 cm³/mol. The van der Waals surface area contributed by atoms with Crippen LogP contribution in [0.25, 0.3) is 0 Å². The first-order valence-electron chi connectivity index (χ1n) is 4.91. The van der Waals surface area contributed by atoms with Crippen molar-refractivity contribution < 1.29 is 9.84 Å². The summed E-state index contributed by atoms with van der Waals surface area (Å²) in [4.78, 5) is 2.99. The van der Waals surface area contributed by atoms with Gasteiger partial charge in [-0.15, -0.1) is 0 Å². The first kappa shape index (κ1) is 9.71. The molecule has 78 valence electrons. The molecule has 0 bridgehead atoms. The van der Waals surface area contributed by atoms with Gasteiger partial charge < -0.3 is 20.1 Å². The van der Waals surface area contributed by atoms with Crippen molar-refractivity contribution in [2.24, 2.45) is 0 Å². The Kier molecular flexibility index (Phi) is 2.86. The number of aliphatic hydroxyl groups is 1. The zero-order valence-corrected chi connectivity index (χ0v) is 8.12. The average Bonchev–Trinajstić information content (AvgIpc) is 2.77. The van der Waals surface area contributed by atoms with E-state index in [0.29, 0.717) is 19.8 Å². The number of nitrogens with one attached hydrogen (secondary N) is 2. The summed E-state index contributed by atoms with van der Waals surface area (Å²) in [5.74, 6) is 0. The highest BCUT2D eigenvalue weighted by Crippen LogP contribution is 2.16. The van der Waals surface area contributed by atoms with E-state index >= 15 is 0 Å². The molecule has 1 aromatic rings. The van der Waals surface area contributed by atoms with Crippen molar-refractivity contribution in [1.82, 2.24) is 10.3 Å². The van der Waals surface area contributed by atoms with Crippen LogP contribution in [0.4, 0.5) is 0 Å². The van der Waals surface area contributed by atoms with Crippen molar-refractivity contribution in [3.05, 3.63) is 24.0 Å². The molecule has 0 radical (unpaired) electrons. The lowest BCUT2D eigenvalue weighted by Gasteiger charge is -2.20. The Morgan fingerprint density at radius 3 is 3.21 bits per heavy atom. The Hall–Kier alpha value is -0.840. The molecule has 0 aliphatic carbocycles. The van der Waals surface area contributed by atoms with Crippen molar-refractivity contribution in [1.29, 1.82) is 0 Å². The zero-order valence-electron chi connectivity index (χ0n) is 8.12. The molecule has 1 aliphatic rings. The third kappa shape index (κ3) is 2.35. The largest absolute Gasteiger partial charge is 0.386 e. The van der Waals surface area contributed by atoms with Crippen molar-refractivity contribution >= 4 is 0 Å². The van der Waals surface area contributed by atoms with Crippen LogP contribution in [0.1, 0.15) is 12.0 Å². The van der Waals surface area contributed by atoms with E-state index in [4.69, 9.17) is 4.74 Å². The second kappa shape index (κ2) is 4.13. The van der Waals surface area contributed by atoms with Crippen molar-refractivity contribution in [3.8, 4) is 0 Å². The van der Waals surface area contributed by atoms with E-state index in [1.807, 2.05) is 18.5 Å². The molecule has 1 atom stereocenters. The maximum absolute atomic E-state index is 9.92. The molecule has 1 fully saturated rings. The van der Waals surface area contributed by atoms with E-state index in [1.165, 1.54) is 5.56 Å². The molecule has 1 aliphatic heterocycles. The standard InChI is InChI=1S/C10H16N2O2/c13-10(2-4-14-8-10)7-12-6-9-1-3-11-5-9/h1,3,5,11-13H,2,4,6-8H2. The van der Waals surface area contributed by atoms with Crippen molar-refractivity contribution in [3.63, 3.8) is 0 Å². The highest BCUT2D eigenvalue weighted by molar-refractivity contribution is 5.07. The Morgan fingerprint density at radius 2 is 2.57 bits per heavy atom. The van der Waals surface area contributed by atoms with Gasteiger partial charge >= 0.3 is 0 Å². The minimum atomic E-state index is -0.656. The fourth-order valence-electron chi connectivity index (χ4n) is 1.64. The Bertz CT molecular complexity index is 266. The van der Waals surface area contributed by atoms with E-state index in [0.717, 1.165) is 13.0 Å². The van der Waals surface area contributed by atoms with Gasteiger partial charge in [-0.25, -0.2) is 0 Å². The molecule has 14 heavy (non-hydrogen) atoms. The number of ether oxygens (including phenoxy) is 1. The normalized spacial score (nSPS) is 26.9. The number of aromatic amines is 1. The van der Waals surface area contributed by atoms with Gasteiger partial charge in [0.05, 0.1) is 6.61 Å².